The van der Waals surface area contributed by atoms with E-state index in [1.54, 1.807) is 24.3 Å². The highest BCUT2D eigenvalue weighted by molar-refractivity contribution is 6.35. The lowest BCUT2D eigenvalue weighted by atomic mass is 9.82. The number of nitrogens with one attached hydrogen (secondary N) is 1. The van der Waals surface area contributed by atoms with Gasteiger partial charge in [-0.05, 0) is 70.6 Å². The van der Waals surface area contributed by atoms with Crippen molar-refractivity contribution in [2.24, 2.45) is 10.1 Å². The molecule has 4 aromatic rings. The Kier molecular flexibility index (Phi) is 12.1. The molecule has 1 amide bonds. The first-order chi connectivity index (χ1) is 23.4. The molecule has 48 heavy (non-hydrogen) atoms. The number of aliphatic hydroxyl groups excluding tert-OH is 1. The minimum absolute atomic E-state index is 0.0425. The lowest BCUT2D eigenvalue weighted by molar-refractivity contribution is -0.128. The number of aliphatic imine (C=N–C) groups is 1. The lowest BCUT2D eigenvalue weighted by Gasteiger charge is -2.31. The van der Waals surface area contributed by atoms with Gasteiger partial charge in [-0.15, -0.1) is 0 Å². The molecule has 0 spiro atoms. The number of benzene rings is 4. The minimum atomic E-state index is -1.42. The molecule has 0 fully saturated rings. The SMILES string of the molecule is [N-]=[N+]=NCc1ccccc1[C@H]1OC(c2ccc(OCCCO)cc2)=N[C@@]1(C/C=C/c1ccccc1)C(=O)NCCc1ccc(Cl)cc1Cl. The fraction of sp³-hybridized carbons (Fsp3) is 0.243. The topological polar surface area (TPSA) is 129 Å². The number of rotatable bonds is 15. The molecule has 246 valence electrons. The maximum Gasteiger partial charge on any atom is 0.252 e. The number of azide groups is 1. The third-order valence-electron chi connectivity index (χ3n) is 7.91. The number of carbonyl (C=O) groups excluding carboxylic acids is 1. The number of amides is 1. The van der Waals surface area contributed by atoms with E-state index in [9.17, 15) is 4.79 Å². The Hall–Kier alpha value is -4.79. The van der Waals surface area contributed by atoms with Crippen LogP contribution in [0.25, 0.3) is 16.5 Å². The quantitative estimate of drug-likeness (QED) is 0.0565. The van der Waals surface area contributed by atoms with Crippen LogP contribution in [0.3, 0.4) is 0 Å². The van der Waals surface area contributed by atoms with Gasteiger partial charge in [0, 0.05) is 46.5 Å². The molecule has 5 rings (SSSR count). The Bertz CT molecular complexity index is 1810. The van der Waals surface area contributed by atoms with Crippen LogP contribution in [0.1, 0.15) is 46.8 Å². The van der Waals surface area contributed by atoms with Crippen molar-refractivity contribution in [3.05, 3.63) is 151 Å². The summed E-state index contributed by atoms with van der Waals surface area (Å²) in [6.07, 6.45) is 4.25. The molecule has 4 aromatic carbocycles. The molecule has 0 aromatic heterocycles. The van der Waals surface area contributed by atoms with Gasteiger partial charge in [0.25, 0.3) is 5.91 Å². The van der Waals surface area contributed by atoms with Crippen LogP contribution in [0.4, 0.5) is 0 Å². The number of halogens is 2. The zero-order valence-electron chi connectivity index (χ0n) is 26.1. The fourth-order valence-electron chi connectivity index (χ4n) is 5.46. The van der Waals surface area contributed by atoms with E-state index >= 15 is 0 Å². The van der Waals surface area contributed by atoms with Crippen molar-refractivity contribution in [1.29, 1.82) is 0 Å². The first-order valence-corrected chi connectivity index (χ1v) is 16.3. The molecule has 1 heterocycles. The molecule has 1 aliphatic rings. The highest BCUT2D eigenvalue weighted by atomic mass is 35.5. The number of aliphatic hydroxyl groups is 1. The van der Waals surface area contributed by atoms with Crippen LogP contribution in [0.15, 0.2) is 113 Å². The van der Waals surface area contributed by atoms with Crippen LogP contribution < -0.4 is 10.1 Å². The second-order valence-electron chi connectivity index (χ2n) is 11.1. The largest absolute Gasteiger partial charge is 0.494 e. The summed E-state index contributed by atoms with van der Waals surface area (Å²) in [5, 5.41) is 17.1. The first kappa shape index (κ1) is 34.5. The standard InChI is InChI=1S/C37H35Cl2N5O4/c38-30-16-13-27(33(39)24-30)19-21-41-36(46)37(20-6-10-26-8-2-1-3-9-26)34(32-12-5-4-11-29(32)25-42-44-40)48-35(43-37)28-14-17-31(18-15-28)47-23-7-22-45/h1-6,8-18,24,34,45H,7,19-23,25H2,(H,41,46)/b10-6+/t34-,37-/m1/s1. The van der Waals surface area contributed by atoms with Gasteiger partial charge in [-0.3, -0.25) is 4.79 Å². The first-order valence-electron chi connectivity index (χ1n) is 15.6. The summed E-state index contributed by atoms with van der Waals surface area (Å²) in [7, 11) is 0. The van der Waals surface area contributed by atoms with Crippen LogP contribution in [-0.4, -0.2) is 42.2 Å². The van der Waals surface area contributed by atoms with E-state index in [-0.39, 0.29) is 25.5 Å². The predicted molar refractivity (Wildman–Crippen MR) is 189 cm³/mol. The summed E-state index contributed by atoms with van der Waals surface area (Å²) in [4.78, 5) is 22.5. The normalized spacial score (nSPS) is 17.0. The Balaban J connectivity index is 1.54. The summed E-state index contributed by atoms with van der Waals surface area (Å²) in [5.74, 6) is 0.607. The molecule has 0 bridgehead atoms. The minimum Gasteiger partial charge on any atom is -0.494 e. The number of hydrogen-bond acceptors (Lipinski definition) is 6. The average molecular weight is 685 g/mol. The van der Waals surface area contributed by atoms with E-state index in [0.717, 1.165) is 16.7 Å². The van der Waals surface area contributed by atoms with Crippen molar-refractivity contribution in [1.82, 2.24) is 5.32 Å². The zero-order chi connectivity index (χ0) is 33.8. The van der Waals surface area contributed by atoms with Gasteiger partial charge in [0.1, 0.15) is 5.75 Å². The average Bonchev–Trinajstić information content (AvgIpc) is 3.49. The van der Waals surface area contributed by atoms with Gasteiger partial charge in [-0.25, -0.2) is 4.99 Å². The predicted octanol–water partition coefficient (Wildman–Crippen LogP) is 8.28. The highest BCUT2D eigenvalue weighted by Crippen LogP contribution is 2.44. The molecule has 0 saturated heterocycles. The van der Waals surface area contributed by atoms with Crippen molar-refractivity contribution in [2.75, 3.05) is 19.8 Å². The molecule has 0 aliphatic carbocycles. The maximum absolute atomic E-state index is 14.5. The summed E-state index contributed by atoms with van der Waals surface area (Å²) >= 11 is 12.5. The molecular formula is C37H35Cl2N5O4. The smallest absolute Gasteiger partial charge is 0.252 e. The second-order valence-corrected chi connectivity index (χ2v) is 12.0. The molecule has 2 N–H and O–H groups in total. The van der Waals surface area contributed by atoms with Crippen LogP contribution >= 0.6 is 23.2 Å². The monoisotopic (exact) mass is 683 g/mol. The highest BCUT2D eigenvalue weighted by Gasteiger charge is 2.53. The van der Waals surface area contributed by atoms with Crippen molar-refractivity contribution >= 4 is 41.1 Å². The molecular weight excluding hydrogens is 649 g/mol. The Morgan fingerprint density at radius 1 is 1.04 bits per heavy atom. The Morgan fingerprint density at radius 2 is 1.81 bits per heavy atom. The van der Waals surface area contributed by atoms with E-state index in [2.05, 4.69) is 15.3 Å². The Labute approximate surface area is 289 Å². The van der Waals surface area contributed by atoms with Crippen LogP contribution in [0.2, 0.25) is 10.0 Å². The Morgan fingerprint density at radius 3 is 2.56 bits per heavy atom. The summed E-state index contributed by atoms with van der Waals surface area (Å²) in [6.45, 7) is 0.799. The van der Waals surface area contributed by atoms with E-state index < -0.39 is 11.6 Å². The molecule has 0 saturated carbocycles. The van der Waals surface area contributed by atoms with Gasteiger partial charge in [0.15, 0.2) is 11.6 Å². The lowest BCUT2D eigenvalue weighted by Crippen LogP contribution is -2.48. The number of hydrogen-bond donors (Lipinski definition) is 2. The third-order valence-corrected chi connectivity index (χ3v) is 8.49. The number of carbonyl (C=O) groups is 1. The van der Waals surface area contributed by atoms with Crippen molar-refractivity contribution in [3.63, 3.8) is 0 Å². The van der Waals surface area contributed by atoms with Crippen LogP contribution in [0.5, 0.6) is 5.75 Å². The summed E-state index contributed by atoms with van der Waals surface area (Å²) in [5.41, 5.74) is 11.6. The zero-order valence-corrected chi connectivity index (χ0v) is 27.6. The van der Waals surface area contributed by atoms with Crippen LogP contribution in [-0.2, 0) is 22.5 Å². The van der Waals surface area contributed by atoms with Crippen molar-refractivity contribution < 1.29 is 19.4 Å². The van der Waals surface area contributed by atoms with Gasteiger partial charge >= 0.3 is 0 Å². The molecule has 0 radical (unpaired) electrons. The van der Waals surface area contributed by atoms with Gasteiger partial charge in [0.05, 0.1) is 13.2 Å². The molecule has 9 nitrogen and oxygen atoms in total. The maximum atomic E-state index is 14.5. The van der Waals surface area contributed by atoms with Gasteiger partial charge < -0.3 is 19.9 Å². The third kappa shape index (κ3) is 8.56. The molecule has 11 heteroatoms. The number of ether oxygens (including phenoxy) is 2. The second kappa shape index (κ2) is 16.9. The van der Waals surface area contributed by atoms with E-state index in [0.29, 0.717) is 58.8 Å². The van der Waals surface area contributed by atoms with Crippen molar-refractivity contribution in [3.8, 4) is 5.75 Å². The van der Waals surface area contributed by atoms with Gasteiger partial charge in [-0.1, -0.05) is 101 Å². The fourth-order valence-corrected chi connectivity index (χ4v) is 5.96. The molecule has 0 unspecified atom stereocenters. The molecule has 1 aliphatic heterocycles. The van der Waals surface area contributed by atoms with Gasteiger partial charge in [0.2, 0.25) is 5.90 Å². The van der Waals surface area contributed by atoms with E-state index in [1.807, 2.05) is 84.9 Å². The van der Waals surface area contributed by atoms with Gasteiger partial charge in [-0.2, -0.15) is 0 Å². The summed E-state index contributed by atoms with van der Waals surface area (Å²) < 4.78 is 12.3. The van der Waals surface area contributed by atoms with E-state index in [1.165, 1.54) is 0 Å². The van der Waals surface area contributed by atoms with Crippen molar-refractivity contribution in [2.45, 2.75) is 37.5 Å². The van der Waals surface area contributed by atoms with Crippen LogP contribution in [0, 0.1) is 0 Å². The molecule has 2 atom stereocenters. The number of nitrogens with zero attached hydrogens (tertiary/aromatic N) is 4. The van der Waals surface area contributed by atoms with E-state index in [4.69, 9.17) is 48.3 Å². The summed E-state index contributed by atoms with van der Waals surface area (Å²) in [6, 6.07) is 29.8.